The zero-order chi connectivity index (χ0) is 17.6. The lowest BCUT2D eigenvalue weighted by molar-refractivity contribution is -0.383. The highest BCUT2D eigenvalue weighted by Crippen LogP contribution is 2.25. The Bertz CT molecular complexity index is 627. The van der Waals surface area contributed by atoms with E-state index in [2.05, 4.69) is 10.6 Å². The Morgan fingerprint density at radius 2 is 1.96 bits per heavy atom. The van der Waals surface area contributed by atoms with Gasteiger partial charge >= 0.3 is 5.97 Å². The fraction of sp³-hybridized carbons (Fsp3) is 0.467. The van der Waals surface area contributed by atoms with Crippen molar-refractivity contribution in [2.75, 3.05) is 25.1 Å². The number of ether oxygens (including phenoxy) is 1. The number of carbonyl (C=O) groups excluding carboxylic acids is 1. The van der Waals surface area contributed by atoms with Crippen LogP contribution in [-0.2, 0) is 14.3 Å². The predicted molar refractivity (Wildman–Crippen MR) is 84.8 cm³/mol. The zero-order valence-electron chi connectivity index (χ0n) is 13.0. The molecule has 0 aromatic heterocycles. The highest BCUT2D eigenvalue weighted by Gasteiger charge is 2.36. The van der Waals surface area contributed by atoms with Gasteiger partial charge in [0.05, 0.1) is 23.4 Å². The van der Waals surface area contributed by atoms with Crippen LogP contribution in [0.1, 0.15) is 19.3 Å². The number of anilines is 1. The normalized spacial score (nSPS) is 16.2. The number of carboxylic acid groups (broad SMARTS) is 1. The molecule has 0 saturated carbocycles. The number of nitrogens with zero attached hydrogens (tertiary/aromatic N) is 1. The van der Waals surface area contributed by atoms with Gasteiger partial charge < -0.3 is 20.5 Å². The first kappa shape index (κ1) is 17.7. The molecule has 1 heterocycles. The van der Waals surface area contributed by atoms with E-state index in [9.17, 15) is 19.7 Å². The van der Waals surface area contributed by atoms with E-state index in [0.717, 1.165) is 0 Å². The largest absolute Gasteiger partial charge is 0.481 e. The molecule has 9 heteroatoms. The van der Waals surface area contributed by atoms with Crippen molar-refractivity contribution in [2.24, 2.45) is 0 Å². The Morgan fingerprint density at radius 3 is 2.58 bits per heavy atom. The molecule has 1 aromatic carbocycles. The molecule has 1 aliphatic heterocycles. The van der Waals surface area contributed by atoms with Crippen LogP contribution in [0, 0.1) is 10.1 Å². The van der Waals surface area contributed by atoms with Crippen LogP contribution < -0.4 is 10.6 Å². The Hall–Kier alpha value is -2.68. The summed E-state index contributed by atoms with van der Waals surface area (Å²) in [6.45, 7) is 0.573. The van der Waals surface area contributed by atoms with Crippen molar-refractivity contribution < 1.29 is 24.4 Å². The minimum absolute atomic E-state index is 0.128. The third-order valence-corrected chi connectivity index (χ3v) is 3.88. The number of carbonyl (C=O) groups is 2. The molecule has 130 valence electrons. The number of benzene rings is 1. The topological polar surface area (TPSA) is 131 Å². The van der Waals surface area contributed by atoms with Gasteiger partial charge in [0.2, 0.25) is 5.91 Å². The fourth-order valence-electron chi connectivity index (χ4n) is 2.70. The summed E-state index contributed by atoms with van der Waals surface area (Å²) in [5.74, 6) is -1.42. The smallest absolute Gasteiger partial charge is 0.305 e. The number of rotatable bonds is 7. The Morgan fingerprint density at radius 1 is 1.29 bits per heavy atom. The lowest BCUT2D eigenvalue weighted by Gasteiger charge is -2.36. The van der Waals surface area contributed by atoms with Gasteiger partial charge in [-0.05, 0) is 18.9 Å². The Labute approximate surface area is 138 Å². The summed E-state index contributed by atoms with van der Waals surface area (Å²) in [6, 6.07) is 6.00. The lowest BCUT2D eigenvalue weighted by atomic mass is 9.86. The second kappa shape index (κ2) is 7.73. The van der Waals surface area contributed by atoms with E-state index in [4.69, 9.17) is 9.84 Å². The quantitative estimate of drug-likeness (QED) is 0.502. The molecule has 3 N–H and O–H groups in total. The average molecular weight is 337 g/mol. The van der Waals surface area contributed by atoms with Gasteiger partial charge in [-0.1, -0.05) is 12.1 Å². The molecule has 0 atom stereocenters. The highest BCUT2D eigenvalue weighted by atomic mass is 16.6. The second-order valence-corrected chi connectivity index (χ2v) is 5.64. The Kier molecular flexibility index (Phi) is 5.69. The van der Waals surface area contributed by atoms with Crippen molar-refractivity contribution in [3.05, 3.63) is 34.4 Å². The van der Waals surface area contributed by atoms with Gasteiger partial charge in [0.15, 0.2) is 0 Å². The Balaban J connectivity index is 1.99. The lowest BCUT2D eigenvalue weighted by Crippen LogP contribution is -2.54. The first-order chi connectivity index (χ1) is 11.4. The van der Waals surface area contributed by atoms with Crippen LogP contribution in [0.5, 0.6) is 0 Å². The van der Waals surface area contributed by atoms with Gasteiger partial charge in [-0.25, -0.2) is 0 Å². The maximum absolute atomic E-state index is 12.2. The van der Waals surface area contributed by atoms with Crippen molar-refractivity contribution in [3.8, 4) is 0 Å². The van der Waals surface area contributed by atoms with E-state index in [0.29, 0.717) is 26.1 Å². The van der Waals surface area contributed by atoms with Crippen LogP contribution in [0.3, 0.4) is 0 Å². The third kappa shape index (κ3) is 4.66. The average Bonchev–Trinajstić information content (AvgIpc) is 2.53. The number of amides is 1. The molecular formula is C15H19N3O6. The van der Waals surface area contributed by atoms with Crippen molar-refractivity contribution in [3.63, 3.8) is 0 Å². The first-order valence-electron chi connectivity index (χ1n) is 7.50. The number of hydrogen-bond donors (Lipinski definition) is 3. The van der Waals surface area contributed by atoms with E-state index in [1.807, 2.05) is 0 Å². The van der Waals surface area contributed by atoms with Crippen molar-refractivity contribution in [1.82, 2.24) is 5.32 Å². The van der Waals surface area contributed by atoms with E-state index in [1.54, 1.807) is 6.07 Å². The molecule has 1 amide bonds. The molecule has 2 rings (SSSR count). The highest BCUT2D eigenvalue weighted by molar-refractivity contribution is 5.83. The van der Waals surface area contributed by atoms with E-state index >= 15 is 0 Å². The molecule has 1 aromatic rings. The monoisotopic (exact) mass is 337 g/mol. The SMILES string of the molecule is O=C(O)CC1(NC(=O)CNc2ccccc2[N+](=O)[O-])CCOCC1. The molecule has 1 fully saturated rings. The van der Waals surface area contributed by atoms with Crippen LogP contribution >= 0.6 is 0 Å². The van der Waals surface area contributed by atoms with E-state index in [-0.39, 0.29) is 24.3 Å². The third-order valence-electron chi connectivity index (χ3n) is 3.88. The molecule has 1 aliphatic rings. The maximum Gasteiger partial charge on any atom is 0.305 e. The van der Waals surface area contributed by atoms with Crippen molar-refractivity contribution in [2.45, 2.75) is 24.8 Å². The number of hydrogen-bond acceptors (Lipinski definition) is 6. The molecule has 0 aliphatic carbocycles. The van der Waals surface area contributed by atoms with Gasteiger partial charge in [-0.3, -0.25) is 19.7 Å². The summed E-state index contributed by atoms with van der Waals surface area (Å²) in [5.41, 5.74) is -0.737. The number of aliphatic carboxylic acids is 1. The molecule has 0 spiro atoms. The summed E-state index contributed by atoms with van der Waals surface area (Å²) in [6.07, 6.45) is 0.640. The van der Waals surface area contributed by atoms with Gasteiger partial charge in [-0.2, -0.15) is 0 Å². The van der Waals surface area contributed by atoms with Gasteiger partial charge in [0, 0.05) is 19.3 Å². The molecule has 0 unspecified atom stereocenters. The van der Waals surface area contributed by atoms with E-state index < -0.39 is 22.3 Å². The summed E-state index contributed by atoms with van der Waals surface area (Å²) in [4.78, 5) is 33.7. The van der Waals surface area contributed by atoms with Crippen LogP contribution in [0.2, 0.25) is 0 Å². The standard InChI is InChI=1S/C15H19N3O6/c19-13(10-16-11-3-1-2-4-12(11)18(22)23)17-15(9-14(20)21)5-7-24-8-6-15/h1-4,16H,5-10H2,(H,17,19)(H,20,21). The number of nitrogens with one attached hydrogen (secondary N) is 2. The first-order valence-corrected chi connectivity index (χ1v) is 7.50. The maximum atomic E-state index is 12.2. The van der Waals surface area contributed by atoms with Gasteiger partial charge in [-0.15, -0.1) is 0 Å². The number of nitro groups is 1. The summed E-state index contributed by atoms with van der Waals surface area (Å²) in [5, 5.41) is 25.5. The predicted octanol–water partition coefficient (Wildman–Crippen LogP) is 1.15. The van der Waals surface area contributed by atoms with Crippen molar-refractivity contribution >= 4 is 23.3 Å². The number of para-hydroxylation sites is 2. The fourth-order valence-corrected chi connectivity index (χ4v) is 2.70. The second-order valence-electron chi connectivity index (χ2n) is 5.64. The molecule has 0 radical (unpaired) electrons. The van der Waals surface area contributed by atoms with Crippen LogP contribution in [0.4, 0.5) is 11.4 Å². The molecule has 0 bridgehead atoms. The summed E-state index contributed by atoms with van der Waals surface area (Å²) < 4.78 is 5.22. The number of nitro benzene ring substituents is 1. The molecule has 24 heavy (non-hydrogen) atoms. The van der Waals surface area contributed by atoms with Crippen LogP contribution in [-0.4, -0.2) is 47.2 Å². The molecular weight excluding hydrogens is 318 g/mol. The zero-order valence-corrected chi connectivity index (χ0v) is 13.0. The number of carboxylic acids is 1. The van der Waals surface area contributed by atoms with Gasteiger partial charge in [0.25, 0.3) is 5.69 Å². The molecule has 9 nitrogen and oxygen atoms in total. The summed E-state index contributed by atoms with van der Waals surface area (Å²) >= 11 is 0. The van der Waals surface area contributed by atoms with Crippen LogP contribution in [0.25, 0.3) is 0 Å². The van der Waals surface area contributed by atoms with Gasteiger partial charge in [0.1, 0.15) is 5.69 Å². The van der Waals surface area contributed by atoms with Crippen molar-refractivity contribution in [1.29, 1.82) is 0 Å². The minimum atomic E-state index is -0.996. The minimum Gasteiger partial charge on any atom is -0.481 e. The summed E-state index contributed by atoms with van der Waals surface area (Å²) in [7, 11) is 0. The van der Waals surface area contributed by atoms with E-state index in [1.165, 1.54) is 18.2 Å². The van der Waals surface area contributed by atoms with Crippen LogP contribution in [0.15, 0.2) is 24.3 Å². The molecule has 1 saturated heterocycles.